The molecule has 18 heavy (non-hydrogen) atoms. The maximum absolute atomic E-state index is 12.1. The first kappa shape index (κ1) is 12.0. The zero-order valence-corrected chi connectivity index (χ0v) is 9.97. The van der Waals surface area contributed by atoms with Gasteiger partial charge in [-0.2, -0.15) is 0 Å². The van der Waals surface area contributed by atoms with E-state index in [1.165, 1.54) is 13.2 Å². The number of hydrogen-bond acceptors (Lipinski definition) is 4. The quantitative estimate of drug-likeness (QED) is 0.448. The van der Waals surface area contributed by atoms with Crippen LogP contribution in [0.1, 0.15) is 27.6 Å². The molecule has 0 aromatic heterocycles. The van der Waals surface area contributed by atoms with E-state index in [1.807, 2.05) is 0 Å². The molecule has 0 bridgehead atoms. The standard InChI is InChI=1S/C13H11NO4/c1-3-10(13(17)18-2)14-11(15)8-6-4-5-7-9(8)12(14)16/h3-7H,1-2H3/b10-3-. The van der Waals surface area contributed by atoms with Gasteiger partial charge in [0.25, 0.3) is 11.8 Å². The maximum Gasteiger partial charge on any atom is 0.354 e. The van der Waals surface area contributed by atoms with Gasteiger partial charge >= 0.3 is 5.97 Å². The van der Waals surface area contributed by atoms with Gasteiger partial charge in [-0.15, -0.1) is 0 Å². The predicted octanol–water partition coefficient (Wildman–Crippen LogP) is 1.36. The van der Waals surface area contributed by atoms with Crippen LogP contribution in [-0.4, -0.2) is 29.8 Å². The van der Waals surface area contributed by atoms with Crippen LogP contribution in [0.15, 0.2) is 36.0 Å². The number of allylic oxidation sites excluding steroid dienone is 1. The summed E-state index contributed by atoms with van der Waals surface area (Å²) >= 11 is 0. The number of carbonyl (C=O) groups excluding carboxylic acids is 3. The molecule has 2 rings (SSSR count). The molecule has 1 aliphatic rings. The molecule has 5 nitrogen and oxygen atoms in total. The number of carbonyl (C=O) groups is 3. The molecule has 0 aliphatic carbocycles. The molecule has 1 aromatic rings. The number of amides is 2. The lowest BCUT2D eigenvalue weighted by molar-refractivity contribution is -0.137. The molecule has 92 valence electrons. The first-order valence-electron chi connectivity index (χ1n) is 5.34. The van der Waals surface area contributed by atoms with E-state index in [-0.39, 0.29) is 5.70 Å². The molecule has 0 saturated carbocycles. The van der Waals surface area contributed by atoms with Crippen LogP contribution in [0, 0.1) is 0 Å². The molecular weight excluding hydrogens is 234 g/mol. The summed E-state index contributed by atoms with van der Waals surface area (Å²) in [6.07, 6.45) is 1.38. The summed E-state index contributed by atoms with van der Waals surface area (Å²) in [6, 6.07) is 6.45. The van der Waals surface area contributed by atoms with Gasteiger partial charge in [-0.25, -0.2) is 9.69 Å². The Kier molecular flexibility index (Phi) is 2.97. The lowest BCUT2D eigenvalue weighted by Gasteiger charge is -2.15. The average molecular weight is 245 g/mol. The van der Waals surface area contributed by atoms with Crippen molar-refractivity contribution in [2.75, 3.05) is 7.11 Å². The Balaban J connectivity index is 2.49. The molecule has 0 atom stereocenters. The fourth-order valence-electron chi connectivity index (χ4n) is 1.85. The van der Waals surface area contributed by atoms with E-state index in [0.717, 1.165) is 4.90 Å². The second-order valence-electron chi connectivity index (χ2n) is 3.66. The van der Waals surface area contributed by atoms with Gasteiger partial charge in [0, 0.05) is 0 Å². The minimum absolute atomic E-state index is 0.0660. The molecule has 5 heteroatoms. The maximum atomic E-state index is 12.1. The highest BCUT2D eigenvalue weighted by Gasteiger charge is 2.39. The molecule has 2 amide bonds. The smallest absolute Gasteiger partial charge is 0.354 e. The van der Waals surface area contributed by atoms with Crippen molar-refractivity contribution in [1.82, 2.24) is 4.90 Å². The van der Waals surface area contributed by atoms with Crippen molar-refractivity contribution >= 4 is 17.8 Å². The van der Waals surface area contributed by atoms with Crippen molar-refractivity contribution in [3.05, 3.63) is 47.2 Å². The number of nitrogens with zero attached hydrogens (tertiary/aromatic N) is 1. The van der Waals surface area contributed by atoms with Gasteiger partial charge in [0.15, 0.2) is 0 Å². The third-order valence-corrected chi connectivity index (χ3v) is 2.70. The van der Waals surface area contributed by atoms with E-state index in [2.05, 4.69) is 4.74 Å². The second kappa shape index (κ2) is 4.44. The lowest BCUT2D eigenvalue weighted by atomic mass is 10.1. The lowest BCUT2D eigenvalue weighted by Crippen LogP contribution is -2.33. The molecular formula is C13H11NO4. The summed E-state index contributed by atoms with van der Waals surface area (Å²) in [6.45, 7) is 1.57. The molecule has 1 aromatic carbocycles. The summed E-state index contributed by atoms with van der Waals surface area (Å²) in [5, 5.41) is 0. The van der Waals surface area contributed by atoms with Gasteiger partial charge in [0.1, 0.15) is 5.70 Å². The molecule has 0 saturated heterocycles. The third-order valence-electron chi connectivity index (χ3n) is 2.70. The normalized spacial score (nSPS) is 14.8. The van der Waals surface area contributed by atoms with E-state index < -0.39 is 17.8 Å². The highest BCUT2D eigenvalue weighted by molar-refractivity contribution is 6.24. The van der Waals surface area contributed by atoms with Crippen molar-refractivity contribution in [3.8, 4) is 0 Å². The molecule has 0 fully saturated rings. The Morgan fingerprint density at radius 2 is 1.67 bits per heavy atom. The number of esters is 1. The summed E-state index contributed by atoms with van der Waals surface area (Å²) < 4.78 is 4.56. The Bertz CT molecular complexity index is 539. The van der Waals surface area contributed by atoms with E-state index in [4.69, 9.17) is 0 Å². The zero-order valence-electron chi connectivity index (χ0n) is 9.97. The van der Waals surface area contributed by atoms with Crippen LogP contribution in [0.3, 0.4) is 0 Å². The number of benzene rings is 1. The minimum atomic E-state index is -0.716. The Labute approximate surface area is 104 Å². The van der Waals surface area contributed by atoms with Crippen LogP contribution >= 0.6 is 0 Å². The Morgan fingerprint density at radius 3 is 2.06 bits per heavy atom. The van der Waals surface area contributed by atoms with Gasteiger partial charge < -0.3 is 4.74 Å². The van der Waals surface area contributed by atoms with Crippen molar-refractivity contribution in [2.24, 2.45) is 0 Å². The molecule has 1 heterocycles. The van der Waals surface area contributed by atoms with E-state index in [0.29, 0.717) is 11.1 Å². The van der Waals surface area contributed by atoms with Gasteiger partial charge in [0.05, 0.1) is 18.2 Å². The van der Waals surface area contributed by atoms with Crippen LogP contribution < -0.4 is 0 Å². The first-order valence-corrected chi connectivity index (χ1v) is 5.34. The van der Waals surface area contributed by atoms with E-state index >= 15 is 0 Å². The predicted molar refractivity (Wildman–Crippen MR) is 62.7 cm³/mol. The Hall–Kier alpha value is -2.43. The summed E-state index contributed by atoms with van der Waals surface area (Å²) in [5.74, 6) is -1.73. The van der Waals surface area contributed by atoms with Crippen molar-refractivity contribution in [2.45, 2.75) is 6.92 Å². The monoisotopic (exact) mass is 245 g/mol. The minimum Gasteiger partial charge on any atom is -0.464 e. The summed E-state index contributed by atoms with van der Waals surface area (Å²) in [4.78, 5) is 36.5. The number of rotatable bonds is 2. The van der Waals surface area contributed by atoms with Crippen molar-refractivity contribution in [3.63, 3.8) is 0 Å². The number of fused-ring (bicyclic) bond motifs is 1. The largest absolute Gasteiger partial charge is 0.464 e. The molecule has 0 radical (unpaired) electrons. The van der Waals surface area contributed by atoms with Crippen LogP contribution in [0.2, 0.25) is 0 Å². The van der Waals surface area contributed by atoms with Crippen molar-refractivity contribution in [1.29, 1.82) is 0 Å². The molecule has 0 spiro atoms. The van der Waals surface area contributed by atoms with E-state index in [1.54, 1.807) is 31.2 Å². The van der Waals surface area contributed by atoms with Gasteiger partial charge in [-0.3, -0.25) is 9.59 Å². The topological polar surface area (TPSA) is 63.7 Å². The van der Waals surface area contributed by atoms with E-state index in [9.17, 15) is 14.4 Å². The SMILES string of the molecule is C/C=C(/C(=O)OC)N1C(=O)c2ccccc2C1=O. The first-order chi connectivity index (χ1) is 8.61. The second-order valence-corrected chi connectivity index (χ2v) is 3.66. The van der Waals surface area contributed by atoms with Crippen LogP contribution in [0.5, 0.6) is 0 Å². The fourth-order valence-corrected chi connectivity index (χ4v) is 1.85. The van der Waals surface area contributed by atoms with Crippen LogP contribution in [0.4, 0.5) is 0 Å². The zero-order chi connectivity index (χ0) is 13.3. The third kappa shape index (κ3) is 1.60. The summed E-state index contributed by atoms with van der Waals surface area (Å²) in [5.41, 5.74) is 0.528. The number of ether oxygens (including phenoxy) is 1. The van der Waals surface area contributed by atoms with Gasteiger partial charge in [0.2, 0.25) is 0 Å². The van der Waals surface area contributed by atoms with Crippen LogP contribution in [-0.2, 0) is 9.53 Å². The van der Waals surface area contributed by atoms with Crippen LogP contribution in [0.25, 0.3) is 0 Å². The number of imide groups is 1. The molecule has 1 aliphatic heterocycles. The molecule has 0 N–H and O–H groups in total. The summed E-state index contributed by atoms with van der Waals surface area (Å²) in [7, 11) is 1.20. The van der Waals surface area contributed by atoms with Crippen molar-refractivity contribution < 1.29 is 19.1 Å². The average Bonchev–Trinajstić information content (AvgIpc) is 2.65. The highest BCUT2D eigenvalue weighted by Crippen LogP contribution is 2.26. The fraction of sp³-hybridized carbons (Fsp3) is 0.154. The Morgan fingerprint density at radius 1 is 1.17 bits per heavy atom. The van der Waals surface area contributed by atoms with Gasteiger partial charge in [-0.05, 0) is 19.1 Å². The number of hydrogen-bond donors (Lipinski definition) is 0. The van der Waals surface area contributed by atoms with Gasteiger partial charge in [-0.1, -0.05) is 18.2 Å². The number of methoxy groups -OCH3 is 1. The highest BCUT2D eigenvalue weighted by atomic mass is 16.5. The molecule has 0 unspecified atom stereocenters.